The average molecular weight is 835 g/mol. The highest BCUT2D eigenvalue weighted by atomic mass is 32.2. The van der Waals surface area contributed by atoms with Gasteiger partial charge in [0.05, 0.1) is 17.3 Å². The molecule has 0 saturated carbocycles. The highest BCUT2D eigenvalue weighted by Crippen LogP contribution is 2.29. The van der Waals surface area contributed by atoms with E-state index in [2.05, 4.69) is 92.7 Å². The van der Waals surface area contributed by atoms with E-state index < -0.39 is 9.84 Å². The van der Waals surface area contributed by atoms with E-state index in [0.29, 0.717) is 10.6 Å². The van der Waals surface area contributed by atoms with Crippen molar-refractivity contribution in [2.24, 2.45) is 0 Å². The predicted octanol–water partition coefficient (Wildman–Crippen LogP) is 12.7. The summed E-state index contributed by atoms with van der Waals surface area (Å²) in [4.78, 5) is 15.4. The maximum atomic E-state index is 11.5. The van der Waals surface area contributed by atoms with Crippen LogP contribution >= 0.6 is 11.8 Å². The zero-order valence-corrected chi connectivity index (χ0v) is 34.7. The summed E-state index contributed by atoms with van der Waals surface area (Å²) in [5, 5.41) is 3.72. The van der Waals surface area contributed by atoms with Gasteiger partial charge < -0.3 is 19.7 Å². The number of hydrogen-bond donors (Lipinski definition) is 3. The van der Waals surface area contributed by atoms with Crippen LogP contribution in [0.1, 0.15) is 43.4 Å². The van der Waals surface area contributed by atoms with Crippen molar-refractivity contribution in [2.45, 2.75) is 55.7 Å². The van der Waals surface area contributed by atoms with Gasteiger partial charge in [-0.2, -0.15) is 0 Å². The average Bonchev–Trinajstić information content (AvgIpc) is 4.10. The van der Waals surface area contributed by atoms with Crippen molar-refractivity contribution in [2.75, 3.05) is 18.1 Å². The minimum absolute atomic E-state index is 0. The van der Waals surface area contributed by atoms with E-state index in [-0.39, 0.29) is 7.43 Å². The number of para-hydroxylation sites is 3. The minimum Gasteiger partial charge on any atom is -0.493 e. The summed E-state index contributed by atoms with van der Waals surface area (Å²) in [5.41, 5.74) is 7.24. The molecule has 0 amide bonds. The number of aromatic nitrogens is 4. The van der Waals surface area contributed by atoms with Gasteiger partial charge in [0.15, 0.2) is 9.84 Å². The van der Waals surface area contributed by atoms with Gasteiger partial charge in [0.1, 0.15) is 11.4 Å². The van der Waals surface area contributed by atoms with Crippen LogP contribution < -0.4 is 4.74 Å². The number of thioether (sulfide) groups is 1. The van der Waals surface area contributed by atoms with E-state index in [0.717, 1.165) is 48.2 Å². The third-order valence-electron chi connectivity index (χ3n) is 10.1. The van der Waals surface area contributed by atoms with Crippen molar-refractivity contribution in [1.29, 1.82) is 0 Å². The lowest BCUT2D eigenvalue weighted by Crippen LogP contribution is -2.15. The van der Waals surface area contributed by atoms with Crippen molar-refractivity contribution in [3.63, 3.8) is 0 Å². The number of benzene rings is 5. The lowest BCUT2D eigenvalue weighted by molar-refractivity contribution is 0.288. The molecular weight excluding hydrogens is 781 g/mol. The summed E-state index contributed by atoms with van der Waals surface area (Å²) in [6.45, 7) is 0.886. The molecule has 12 rings (SSSR count). The number of fused-ring (bicyclic) bond motifs is 6. The molecular formula is C51H54N4O3S2. The Morgan fingerprint density at radius 3 is 1.78 bits per heavy atom. The van der Waals surface area contributed by atoms with Crippen molar-refractivity contribution >= 4 is 54.4 Å². The molecule has 0 fully saturated rings. The van der Waals surface area contributed by atoms with E-state index in [9.17, 15) is 8.42 Å². The molecule has 0 aliphatic carbocycles. The Balaban J connectivity index is 0.000000121. The normalized spacial score (nSPS) is 13.9. The fraction of sp³-hybridized carbons (Fsp3) is 0.196. The zero-order chi connectivity index (χ0) is 40.5. The first-order valence-electron chi connectivity index (χ1n) is 20.2. The molecule has 0 atom stereocenters. The highest BCUT2D eigenvalue weighted by Gasteiger charge is 2.22. The Bertz CT molecular complexity index is 2420. The summed E-state index contributed by atoms with van der Waals surface area (Å²) in [7, 11) is -2.94. The lowest BCUT2D eigenvalue weighted by atomic mass is 10.1. The number of aryl methyl sites for hydroxylation is 3. The SMILES string of the molecule is C.O=S1(=O)CCCc2ccccc21.c1ccc2[nH]ccc2c1.c1ccc2[nH]ccc2c1.c1ccc2c(c1)CCCO2.c1ccc2c(c1)CCCS2.c1cnc2[nH]ccc2c1. The Morgan fingerprint density at radius 1 is 0.533 bits per heavy atom. The molecule has 5 aromatic carbocycles. The predicted molar refractivity (Wildman–Crippen MR) is 252 cm³/mol. The summed E-state index contributed by atoms with van der Waals surface area (Å²) >= 11 is 1.99. The Hall–Kier alpha value is -6.03. The van der Waals surface area contributed by atoms with E-state index in [1.165, 1.54) is 57.3 Å². The van der Waals surface area contributed by atoms with Crippen LogP contribution in [-0.4, -0.2) is 46.5 Å². The number of nitrogens with one attached hydrogen (secondary N) is 3. The first-order chi connectivity index (χ1) is 29.0. The van der Waals surface area contributed by atoms with Crippen LogP contribution in [0.5, 0.6) is 5.75 Å². The highest BCUT2D eigenvalue weighted by molar-refractivity contribution is 7.99. The maximum Gasteiger partial charge on any atom is 0.178 e. The van der Waals surface area contributed by atoms with Crippen molar-refractivity contribution in [3.8, 4) is 5.75 Å². The summed E-state index contributed by atoms with van der Waals surface area (Å²) < 4.78 is 28.4. The van der Waals surface area contributed by atoms with Gasteiger partial charge in [0.25, 0.3) is 0 Å². The molecule has 9 heteroatoms. The molecule has 3 aliphatic rings. The zero-order valence-electron chi connectivity index (χ0n) is 33.1. The molecule has 0 bridgehead atoms. The van der Waals surface area contributed by atoms with Gasteiger partial charge in [-0.1, -0.05) is 98.4 Å². The molecule has 0 saturated heterocycles. The van der Waals surface area contributed by atoms with E-state index in [4.69, 9.17) is 4.74 Å². The van der Waals surface area contributed by atoms with Crippen molar-refractivity contribution in [3.05, 3.63) is 193 Å². The number of aromatic amines is 3. The molecule has 0 radical (unpaired) electrons. The Kier molecular flexibility index (Phi) is 16.2. The second-order valence-electron chi connectivity index (χ2n) is 14.2. The lowest BCUT2D eigenvalue weighted by Gasteiger charge is -2.15. The summed E-state index contributed by atoms with van der Waals surface area (Å²) in [6, 6.07) is 50.7. The molecule has 9 aromatic rings. The number of sulfone groups is 1. The van der Waals surface area contributed by atoms with Gasteiger partial charge >= 0.3 is 0 Å². The molecule has 3 aliphatic heterocycles. The number of H-pyrrole nitrogens is 3. The van der Waals surface area contributed by atoms with Crippen LogP contribution in [0.3, 0.4) is 0 Å². The van der Waals surface area contributed by atoms with Gasteiger partial charge in [-0.15, -0.1) is 11.8 Å². The van der Waals surface area contributed by atoms with Crippen molar-refractivity contribution in [1.82, 2.24) is 19.9 Å². The number of hydrogen-bond acceptors (Lipinski definition) is 5. The van der Waals surface area contributed by atoms with E-state index >= 15 is 0 Å². The minimum atomic E-state index is -2.94. The maximum absolute atomic E-state index is 11.5. The smallest absolute Gasteiger partial charge is 0.178 e. The molecule has 0 unspecified atom stereocenters. The number of rotatable bonds is 0. The number of nitrogens with zero attached hydrogens (tertiary/aromatic N) is 1. The number of ether oxygens (including phenoxy) is 1. The largest absolute Gasteiger partial charge is 0.493 e. The fourth-order valence-electron chi connectivity index (χ4n) is 7.04. The molecule has 4 aromatic heterocycles. The standard InChI is InChI=1S/C9H10O2S.C9H10O.C9H10S.2C8H7N.C7H6N2.CH4/c10-12(11)7-3-5-8-4-1-2-6-9(8)12;2*1-2-6-9-8(4-1)5-3-7-10-9;2*1-2-4-8-7(3-1)5-6-9-8;1-2-6-3-5-9-7(6)8-4-1;/h1-2,4,6H,3,5,7H2;2*1-2,4,6H,3,5,7H2;2*1-6,9H;1-5H,(H,8,9);1H4. The second-order valence-corrected chi connectivity index (χ2v) is 17.4. The van der Waals surface area contributed by atoms with Gasteiger partial charge in [0.2, 0.25) is 0 Å². The summed E-state index contributed by atoms with van der Waals surface area (Å²) in [6.07, 6.45) is 14.2. The van der Waals surface area contributed by atoms with Crippen LogP contribution in [0.4, 0.5) is 0 Å². The third-order valence-corrected chi connectivity index (χ3v) is 13.2. The second kappa shape index (κ2) is 22.4. The molecule has 7 heterocycles. The quantitative estimate of drug-likeness (QED) is 0.141. The van der Waals surface area contributed by atoms with Gasteiger partial charge in [-0.05, 0) is 132 Å². The van der Waals surface area contributed by atoms with Gasteiger partial charge in [-0.25, -0.2) is 13.4 Å². The topological polar surface area (TPSA) is 104 Å². The van der Waals surface area contributed by atoms with Gasteiger partial charge in [0, 0.05) is 46.1 Å². The van der Waals surface area contributed by atoms with Crippen LogP contribution in [0, 0.1) is 0 Å². The Labute approximate surface area is 358 Å². The summed E-state index contributed by atoms with van der Waals surface area (Å²) in [5.74, 6) is 2.69. The molecule has 60 heavy (non-hydrogen) atoms. The van der Waals surface area contributed by atoms with Crippen LogP contribution in [0.2, 0.25) is 0 Å². The first kappa shape index (κ1) is 43.5. The van der Waals surface area contributed by atoms with Gasteiger partial charge in [-0.3, -0.25) is 0 Å². The fourth-order valence-corrected chi connectivity index (χ4v) is 9.68. The molecule has 7 nitrogen and oxygen atoms in total. The van der Waals surface area contributed by atoms with Crippen LogP contribution in [0.15, 0.2) is 186 Å². The molecule has 3 N–H and O–H groups in total. The molecule has 308 valence electrons. The van der Waals surface area contributed by atoms with Crippen LogP contribution in [0.25, 0.3) is 32.8 Å². The van der Waals surface area contributed by atoms with E-state index in [1.54, 1.807) is 23.9 Å². The third kappa shape index (κ3) is 12.3. The Morgan fingerprint density at radius 2 is 1.10 bits per heavy atom. The van der Waals surface area contributed by atoms with Crippen LogP contribution in [-0.2, 0) is 29.1 Å². The monoisotopic (exact) mass is 834 g/mol. The van der Waals surface area contributed by atoms with Crippen molar-refractivity contribution < 1.29 is 13.2 Å². The number of pyridine rings is 1. The van der Waals surface area contributed by atoms with E-state index in [1.807, 2.05) is 97.1 Å². The molecule has 0 spiro atoms. The first-order valence-corrected chi connectivity index (χ1v) is 22.8.